The smallest absolute Gasteiger partial charge is 0.316 e. The van der Waals surface area contributed by atoms with Crippen LogP contribution in [-0.2, 0) is 13.1 Å². The Bertz CT molecular complexity index is 575. The van der Waals surface area contributed by atoms with E-state index in [1.807, 2.05) is 12.1 Å². The normalized spacial score (nSPS) is 18.8. The van der Waals surface area contributed by atoms with Crippen LogP contribution in [0.25, 0.3) is 0 Å². The molecule has 1 aliphatic rings. The molecule has 1 aliphatic heterocycles. The van der Waals surface area contributed by atoms with Crippen LogP contribution >= 0.6 is 0 Å². The number of nitrogens with two attached hydrogens (primary N) is 1. The van der Waals surface area contributed by atoms with Gasteiger partial charge in [-0.2, -0.15) is 4.98 Å². The molecule has 0 spiro atoms. The third-order valence-corrected chi connectivity index (χ3v) is 3.65. The van der Waals surface area contributed by atoms with E-state index in [0.29, 0.717) is 12.6 Å². The first-order chi connectivity index (χ1) is 10.3. The minimum atomic E-state index is 0.154. The highest BCUT2D eigenvalue weighted by Crippen LogP contribution is 2.17. The van der Waals surface area contributed by atoms with Crippen molar-refractivity contribution in [1.82, 2.24) is 14.9 Å². The van der Waals surface area contributed by atoms with Crippen molar-refractivity contribution in [2.75, 3.05) is 13.1 Å². The third-order valence-electron chi connectivity index (χ3n) is 3.65. The number of hydrogen-bond acceptors (Lipinski definition) is 5. The van der Waals surface area contributed by atoms with Gasteiger partial charge in [-0.3, -0.25) is 4.90 Å². The molecule has 5 heteroatoms. The summed E-state index contributed by atoms with van der Waals surface area (Å²) in [4.78, 5) is 10.8. The average molecular weight is 284 g/mol. The molecule has 0 radical (unpaired) electrons. The highest BCUT2D eigenvalue weighted by Gasteiger charge is 2.24. The Morgan fingerprint density at radius 1 is 1.24 bits per heavy atom. The van der Waals surface area contributed by atoms with Crippen LogP contribution in [0.4, 0.5) is 0 Å². The largest absolute Gasteiger partial charge is 0.459 e. The zero-order valence-corrected chi connectivity index (χ0v) is 12.0. The lowest BCUT2D eigenvalue weighted by Gasteiger charge is -2.16. The minimum Gasteiger partial charge on any atom is -0.459 e. The van der Waals surface area contributed by atoms with E-state index in [1.165, 1.54) is 5.56 Å². The van der Waals surface area contributed by atoms with Crippen molar-refractivity contribution >= 4 is 0 Å². The molecule has 110 valence electrons. The Kier molecular flexibility index (Phi) is 4.43. The van der Waals surface area contributed by atoms with Crippen molar-refractivity contribution in [3.8, 4) is 6.01 Å². The SMILES string of the molecule is NCc1ccnc(OC2CCN(Cc3ccccc3)C2)n1. The summed E-state index contributed by atoms with van der Waals surface area (Å²) < 4.78 is 5.87. The van der Waals surface area contributed by atoms with E-state index in [-0.39, 0.29) is 6.10 Å². The maximum absolute atomic E-state index is 5.87. The molecule has 2 aromatic rings. The van der Waals surface area contributed by atoms with Crippen molar-refractivity contribution < 1.29 is 4.74 Å². The molecule has 1 aromatic heterocycles. The Labute approximate surface area is 124 Å². The summed E-state index contributed by atoms with van der Waals surface area (Å²) in [6.45, 7) is 3.31. The van der Waals surface area contributed by atoms with Gasteiger partial charge in [0.15, 0.2) is 0 Å². The number of aromatic nitrogens is 2. The Hall–Kier alpha value is -1.98. The molecule has 2 heterocycles. The van der Waals surface area contributed by atoms with Gasteiger partial charge in [-0.25, -0.2) is 4.98 Å². The van der Waals surface area contributed by atoms with Gasteiger partial charge in [0.05, 0.1) is 5.69 Å². The minimum absolute atomic E-state index is 0.154. The van der Waals surface area contributed by atoms with E-state index in [2.05, 4.69) is 39.1 Å². The van der Waals surface area contributed by atoms with E-state index in [4.69, 9.17) is 10.5 Å². The fourth-order valence-corrected chi connectivity index (χ4v) is 2.57. The first kappa shape index (κ1) is 14.0. The first-order valence-electron chi connectivity index (χ1n) is 7.28. The molecule has 3 rings (SSSR count). The van der Waals surface area contributed by atoms with Crippen LogP contribution in [0.3, 0.4) is 0 Å². The maximum Gasteiger partial charge on any atom is 0.316 e. The Balaban J connectivity index is 1.54. The first-order valence-corrected chi connectivity index (χ1v) is 7.28. The molecule has 21 heavy (non-hydrogen) atoms. The van der Waals surface area contributed by atoms with Crippen LogP contribution in [0.1, 0.15) is 17.7 Å². The predicted octanol–water partition coefficient (Wildman–Crippen LogP) is 1.59. The Morgan fingerprint density at radius 2 is 2.10 bits per heavy atom. The molecular weight excluding hydrogens is 264 g/mol. The molecule has 2 N–H and O–H groups in total. The number of ether oxygens (including phenoxy) is 1. The number of rotatable bonds is 5. The van der Waals surface area contributed by atoms with Crippen molar-refractivity contribution in [3.05, 3.63) is 53.9 Å². The van der Waals surface area contributed by atoms with E-state index < -0.39 is 0 Å². The van der Waals surface area contributed by atoms with Crippen molar-refractivity contribution in [3.63, 3.8) is 0 Å². The fourth-order valence-electron chi connectivity index (χ4n) is 2.57. The second kappa shape index (κ2) is 6.65. The van der Waals surface area contributed by atoms with Gasteiger partial charge in [-0.05, 0) is 18.1 Å². The molecule has 0 aliphatic carbocycles. The van der Waals surface area contributed by atoms with Gasteiger partial charge in [0, 0.05) is 32.4 Å². The topological polar surface area (TPSA) is 64.3 Å². The molecule has 1 aromatic carbocycles. The van der Waals surface area contributed by atoms with Gasteiger partial charge < -0.3 is 10.5 Å². The van der Waals surface area contributed by atoms with E-state index in [9.17, 15) is 0 Å². The summed E-state index contributed by atoms with van der Waals surface area (Å²) >= 11 is 0. The lowest BCUT2D eigenvalue weighted by molar-refractivity contribution is 0.183. The molecule has 1 unspecified atom stereocenters. The summed E-state index contributed by atoms with van der Waals surface area (Å²) in [5.74, 6) is 0. The standard InChI is InChI=1S/C16H20N4O/c17-10-14-6-8-18-16(19-14)21-15-7-9-20(12-15)11-13-4-2-1-3-5-13/h1-6,8,15H,7,9-12,17H2. The highest BCUT2D eigenvalue weighted by atomic mass is 16.5. The van der Waals surface area contributed by atoms with Crippen molar-refractivity contribution in [2.24, 2.45) is 5.73 Å². The average Bonchev–Trinajstić information content (AvgIpc) is 2.95. The zero-order valence-electron chi connectivity index (χ0n) is 12.0. The van der Waals surface area contributed by atoms with Crippen LogP contribution in [-0.4, -0.2) is 34.1 Å². The lowest BCUT2D eigenvalue weighted by Crippen LogP contribution is -2.25. The van der Waals surface area contributed by atoms with Crippen LogP contribution in [0, 0.1) is 0 Å². The number of hydrogen-bond donors (Lipinski definition) is 1. The monoisotopic (exact) mass is 284 g/mol. The van der Waals surface area contributed by atoms with Crippen LogP contribution in [0.2, 0.25) is 0 Å². The number of benzene rings is 1. The van der Waals surface area contributed by atoms with Crippen molar-refractivity contribution in [1.29, 1.82) is 0 Å². The summed E-state index contributed by atoms with van der Waals surface area (Å²) in [7, 11) is 0. The highest BCUT2D eigenvalue weighted by molar-refractivity contribution is 5.14. The molecule has 1 saturated heterocycles. The third kappa shape index (κ3) is 3.77. The van der Waals surface area contributed by atoms with Gasteiger partial charge in [0.25, 0.3) is 0 Å². The number of likely N-dealkylation sites (tertiary alicyclic amines) is 1. The fraction of sp³-hybridized carbons (Fsp3) is 0.375. The maximum atomic E-state index is 5.87. The van der Waals surface area contributed by atoms with Gasteiger partial charge in [0.2, 0.25) is 0 Å². The zero-order chi connectivity index (χ0) is 14.5. The quantitative estimate of drug-likeness (QED) is 0.903. The summed E-state index contributed by atoms with van der Waals surface area (Å²) in [6.07, 6.45) is 2.85. The molecule has 1 atom stereocenters. The van der Waals surface area contributed by atoms with Crippen LogP contribution < -0.4 is 10.5 Å². The number of nitrogens with zero attached hydrogens (tertiary/aromatic N) is 3. The van der Waals surface area contributed by atoms with Crippen LogP contribution in [0.5, 0.6) is 6.01 Å². The summed E-state index contributed by atoms with van der Waals surface area (Å²) in [5, 5.41) is 0. The Morgan fingerprint density at radius 3 is 2.90 bits per heavy atom. The van der Waals surface area contributed by atoms with E-state index >= 15 is 0 Å². The van der Waals surface area contributed by atoms with E-state index in [0.717, 1.165) is 31.7 Å². The predicted molar refractivity (Wildman–Crippen MR) is 80.7 cm³/mol. The summed E-state index contributed by atoms with van der Waals surface area (Å²) in [5.41, 5.74) is 7.72. The van der Waals surface area contributed by atoms with Gasteiger partial charge in [-0.15, -0.1) is 0 Å². The second-order valence-corrected chi connectivity index (χ2v) is 5.28. The van der Waals surface area contributed by atoms with E-state index in [1.54, 1.807) is 6.20 Å². The molecule has 0 saturated carbocycles. The van der Waals surface area contributed by atoms with Gasteiger partial charge in [-0.1, -0.05) is 30.3 Å². The van der Waals surface area contributed by atoms with Gasteiger partial charge in [0.1, 0.15) is 6.10 Å². The second-order valence-electron chi connectivity index (χ2n) is 5.28. The van der Waals surface area contributed by atoms with Gasteiger partial charge >= 0.3 is 6.01 Å². The molecule has 1 fully saturated rings. The van der Waals surface area contributed by atoms with Crippen molar-refractivity contribution in [2.45, 2.75) is 25.6 Å². The summed E-state index contributed by atoms with van der Waals surface area (Å²) in [6, 6.07) is 12.7. The molecule has 5 nitrogen and oxygen atoms in total. The van der Waals surface area contributed by atoms with Crippen LogP contribution in [0.15, 0.2) is 42.6 Å². The lowest BCUT2D eigenvalue weighted by atomic mass is 10.2. The molecular formula is C16H20N4O. The molecule has 0 bridgehead atoms. The molecule has 0 amide bonds.